The molecule has 32 heavy (non-hydrogen) atoms. The Hall–Kier alpha value is -2.81. The van der Waals surface area contributed by atoms with Crippen LogP contribution in [0, 0.1) is 17.0 Å². The van der Waals surface area contributed by atoms with Crippen molar-refractivity contribution in [1.29, 1.82) is 0 Å². The average Bonchev–Trinajstić information content (AvgIpc) is 3.07. The number of hydrogen-bond donors (Lipinski definition) is 1. The maximum Gasteiger partial charge on any atom is 0.341 e. The third-order valence-electron chi connectivity index (χ3n) is 6.31. The van der Waals surface area contributed by atoms with E-state index in [0.717, 1.165) is 48.8 Å². The molecule has 1 fully saturated rings. The summed E-state index contributed by atoms with van der Waals surface area (Å²) in [5, 5.41) is 7.73. The quantitative estimate of drug-likeness (QED) is 0.544. The van der Waals surface area contributed by atoms with Crippen LogP contribution in [0.1, 0.15) is 58.3 Å². The lowest BCUT2D eigenvalue weighted by Gasteiger charge is -2.36. The first-order valence-electron chi connectivity index (χ1n) is 11.0. The Kier molecular flexibility index (Phi) is 6.55. The highest BCUT2D eigenvalue weighted by Gasteiger charge is 2.39. The number of rotatable bonds is 6. The molecule has 0 radical (unpaired) electrons. The van der Waals surface area contributed by atoms with Crippen molar-refractivity contribution in [2.75, 3.05) is 26.4 Å². The van der Waals surface area contributed by atoms with Gasteiger partial charge >= 0.3 is 5.97 Å². The molecule has 1 N–H and O–H groups in total. The van der Waals surface area contributed by atoms with E-state index in [1.54, 1.807) is 0 Å². The molecule has 172 valence electrons. The van der Waals surface area contributed by atoms with E-state index in [1.165, 1.54) is 0 Å². The van der Waals surface area contributed by atoms with Gasteiger partial charge in [-0.3, -0.25) is 9.48 Å². The molecule has 0 unspecified atom stereocenters. The van der Waals surface area contributed by atoms with Crippen LogP contribution in [-0.4, -0.2) is 48.0 Å². The lowest BCUT2D eigenvalue weighted by molar-refractivity contribution is 0.0152. The third kappa shape index (κ3) is 4.53. The van der Waals surface area contributed by atoms with Crippen molar-refractivity contribution in [3.63, 3.8) is 0 Å². The van der Waals surface area contributed by atoms with Crippen molar-refractivity contribution >= 4 is 11.9 Å². The molecule has 2 aliphatic heterocycles. The van der Waals surface area contributed by atoms with Crippen molar-refractivity contribution in [3.8, 4) is 0 Å². The standard InChI is InChI=1S/C23H27F2N3O4/c1-2-18-20-19(13-23(14-26-21(20)29)6-10-31-11-7-23)28(27-18)8-3-9-32-22(30)16-12-15(24)4-5-17(16)25/h4-5,12H,2-3,6-11,13-14H2,1H3,(H,26,29). The van der Waals surface area contributed by atoms with E-state index < -0.39 is 23.2 Å². The summed E-state index contributed by atoms with van der Waals surface area (Å²) in [5.74, 6) is -2.53. The summed E-state index contributed by atoms with van der Waals surface area (Å²) in [6.07, 6.45) is 3.53. The van der Waals surface area contributed by atoms with E-state index >= 15 is 0 Å². The number of aryl methyl sites for hydroxylation is 2. The first-order chi connectivity index (χ1) is 15.4. The van der Waals surface area contributed by atoms with Gasteiger partial charge in [0.25, 0.3) is 5.91 Å². The number of ether oxygens (including phenoxy) is 2. The number of benzene rings is 1. The second-order valence-electron chi connectivity index (χ2n) is 8.43. The minimum Gasteiger partial charge on any atom is -0.462 e. The Bertz CT molecular complexity index is 1010. The van der Waals surface area contributed by atoms with Gasteiger partial charge in [-0.15, -0.1) is 0 Å². The number of fused-ring (bicyclic) bond motifs is 1. The van der Waals surface area contributed by atoms with Gasteiger partial charge in [-0.25, -0.2) is 13.6 Å². The highest BCUT2D eigenvalue weighted by atomic mass is 19.1. The highest BCUT2D eigenvalue weighted by Crippen LogP contribution is 2.37. The van der Waals surface area contributed by atoms with E-state index in [-0.39, 0.29) is 17.9 Å². The second kappa shape index (κ2) is 9.36. The molecule has 7 nitrogen and oxygen atoms in total. The van der Waals surface area contributed by atoms with Gasteiger partial charge in [-0.05, 0) is 49.3 Å². The van der Waals surface area contributed by atoms with E-state index in [1.807, 2.05) is 11.6 Å². The average molecular weight is 447 g/mol. The van der Waals surface area contributed by atoms with Crippen LogP contribution in [-0.2, 0) is 28.9 Å². The minimum atomic E-state index is -0.906. The number of carbonyl (C=O) groups excluding carboxylic acids is 2. The second-order valence-corrected chi connectivity index (χ2v) is 8.43. The van der Waals surface area contributed by atoms with Crippen LogP contribution >= 0.6 is 0 Å². The molecule has 1 amide bonds. The van der Waals surface area contributed by atoms with E-state index in [9.17, 15) is 18.4 Å². The maximum atomic E-state index is 13.7. The maximum absolute atomic E-state index is 13.7. The van der Waals surface area contributed by atoms with Gasteiger partial charge in [0.15, 0.2) is 0 Å². The summed E-state index contributed by atoms with van der Waals surface area (Å²) in [6, 6.07) is 2.67. The first kappa shape index (κ1) is 22.4. The van der Waals surface area contributed by atoms with Crippen LogP contribution in [0.3, 0.4) is 0 Å². The summed E-state index contributed by atoms with van der Waals surface area (Å²) in [4.78, 5) is 24.9. The predicted octanol–water partition coefficient (Wildman–Crippen LogP) is 3.05. The molecular formula is C23H27F2N3O4. The van der Waals surface area contributed by atoms with Crippen molar-refractivity contribution in [3.05, 3.63) is 52.3 Å². The minimum absolute atomic E-state index is 0.0239. The molecule has 0 atom stereocenters. The number of esters is 1. The Labute approximate surface area is 185 Å². The molecular weight excluding hydrogens is 420 g/mol. The van der Waals surface area contributed by atoms with E-state index in [2.05, 4.69) is 10.4 Å². The summed E-state index contributed by atoms with van der Waals surface area (Å²) in [6.45, 7) is 4.39. The van der Waals surface area contributed by atoms with Gasteiger partial charge in [-0.1, -0.05) is 6.92 Å². The Morgan fingerprint density at radius 3 is 2.84 bits per heavy atom. The zero-order chi connectivity index (χ0) is 22.7. The van der Waals surface area contributed by atoms with E-state index in [4.69, 9.17) is 9.47 Å². The smallest absolute Gasteiger partial charge is 0.341 e. The molecule has 3 heterocycles. The highest BCUT2D eigenvalue weighted by molar-refractivity contribution is 5.97. The number of halogens is 2. The fourth-order valence-electron chi connectivity index (χ4n) is 4.47. The number of carbonyl (C=O) groups is 2. The van der Waals surface area contributed by atoms with Crippen LogP contribution in [0.25, 0.3) is 0 Å². The zero-order valence-corrected chi connectivity index (χ0v) is 18.1. The van der Waals surface area contributed by atoms with Gasteiger partial charge in [-0.2, -0.15) is 5.10 Å². The molecule has 4 rings (SSSR count). The largest absolute Gasteiger partial charge is 0.462 e. The molecule has 1 spiro atoms. The first-order valence-corrected chi connectivity index (χ1v) is 11.0. The normalized spacial score (nSPS) is 17.5. The molecule has 1 aromatic carbocycles. The van der Waals surface area contributed by atoms with Gasteiger partial charge in [0, 0.05) is 32.7 Å². The van der Waals surface area contributed by atoms with Crippen LogP contribution in [0.15, 0.2) is 18.2 Å². The van der Waals surface area contributed by atoms with Crippen molar-refractivity contribution in [2.24, 2.45) is 5.41 Å². The zero-order valence-electron chi connectivity index (χ0n) is 18.1. The number of aromatic nitrogens is 2. The van der Waals surface area contributed by atoms with Crippen LogP contribution in [0.5, 0.6) is 0 Å². The van der Waals surface area contributed by atoms with Gasteiger partial charge in [0.2, 0.25) is 0 Å². The van der Waals surface area contributed by atoms with Gasteiger partial charge < -0.3 is 14.8 Å². The molecule has 9 heteroatoms. The van der Waals surface area contributed by atoms with Crippen molar-refractivity contribution in [2.45, 2.75) is 45.6 Å². The fourth-order valence-corrected chi connectivity index (χ4v) is 4.47. The molecule has 0 aliphatic carbocycles. The molecule has 0 saturated carbocycles. The summed E-state index contributed by atoms with van der Waals surface area (Å²) < 4.78 is 39.6. The summed E-state index contributed by atoms with van der Waals surface area (Å²) >= 11 is 0. The number of amides is 1. The lowest BCUT2D eigenvalue weighted by atomic mass is 9.76. The molecule has 1 aromatic heterocycles. The molecule has 1 saturated heterocycles. The summed E-state index contributed by atoms with van der Waals surface area (Å²) in [5.41, 5.74) is 1.82. The third-order valence-corrected chi connectivity index (χ3v) is 6.31. The van der Waals surface area contributed by atoms with Crippen molar-refractivity contribution < 1.29 is 27.8 Å². The Morgan fingerprint density at radius 2 is 2.09 bits per heavy atom. The Morgan fingerprint density at radius 1 is 1.31 bits per heavy atom. The van der Waals surface area contributed by atoms with Gasteiger partial charge in [0.05, 0.1) is 29.1 Å². The number of nitrogens with one attached hydrogen (secondary N) is 1. The van der Waals surface area contributed by atoms with Gasteiger partial charge in [0.1, 0.15) is 11.6 Å². The topological polar surface area (TPSA) is 82.5 Å². The van der Waals surface area contributed by atoms with Crippen LogP contribution in [0.2, 0.25) is 0 Å². The number of nitrogens with zero attached hydrogens (tertiary/aromatic N) is 2. The van der Waals surface area contributed by atoms with Crippen LogP contribution < -0.4 is 5.32 Å². The monoisotopic (exact) mass is 447 g/mol. The predicted molar refractivity (Wildman–Crippen MR) is 111 cm³/mol. The van der Waals surface area contributed by atoms with Crippen molar-refractivity contribution in [1.82, 2.24) is 15.1 Å². The van der Waals surface area contributed by atoms with E-state index in [0.29, 0.717) is 44.7 Å². The fraction of sp³-hybridized carbons (Fsp3) is 0.522. The molecule has 2 aromatic rings. The Balaban J connectivity index is 1.46. The lowest BCUT2D eigenvalue weighted by Crippen LogP contribution is -2.40. The van der Waals surface area contributed by atoms with Crippen LogP contribution in [0.4, 0.5) is 8.78 Å². The molecule has 0 bridgehead atoms. The SMILES string of the molecule is CCc1nn(CCCOC(=O)c2cc(F)ccc2F)c2c1C(=O)NCC1(CCOCC1)C2. The molecule has 2 aliphatic rings. The summed E-state index contributed by atoms with van der Waals surface area (Å²) in [7, 11) is 0. The number of hydrogen-bond acceptors (Lipinski definition) is 5.